The molecule has 0 aliphatic heterocycles. The van der Waals surface area contributed by atoms with Gasteiger partial charge in [0.05, 0.1) is 7.11 Å². The first-order valence-corrected chi connectivity index (χ1v) is 5.10. The van der Waals surface area contributed by atoms with Crippen molar-refractivity contribution in [3.05, 3.63) is 47.8 Å². The highest BCUT2D eigenvalue weighted by molar-refractivity contribution is 5.41. The Kier molecular flexibility index (Phi) is 3.20. The zero-order valence-corrected chi connectivity index (χ0v) is 9.37. The Bertz CT molecular complexity index is 482. The average Bonchev–Trinajstić information content (AvgIpc) is 2.39. The topological polar surface area (TPSA) is 81.3 Å². The molecule has 5 heteroatoms. The molecular weight excluding hydrogens is 218 g/mol. The third kappa shape index (κ3) is 2.51. The van der Waals surface area contributed by atoms with E-state index in [1.54, 1.807) is 24.3 Å². The highest BCUT2D eigenvalue weighted by Gasteiger charge is 2.11. The lowest BCUT2D eigenvalue weighted by molar-refractivity contribution is 0.219. The molecule has 0 bridgehead atoms. The van der Waals surface area contributed by atoms with E-state index in [1.807, 2.05) is 0 Å². The van der Waals surface area contributed by atoms with E-state index in [0.717, 1.165) is 5.56 Å². The van der Waals surface area contributed by atoms with Crippen LogP contribution < -0.4 is 10.5 Å². The first-order chi connectivity index (χ1) is 8.20. The molecule has 2 rings (SSSR count). The molecular formula is C12H13N3O2. The van der Waals surface area contributed by atoms with Crippen molar-refractivity contribution in [2.75, 3.05) is 12.8 Å². The quantitative estimate of drug-likeness (QED) is 0.774. The molecule has 17 heavy (non-hydrogen) atoms. The van der Waals surface area contributed by atoms with Crippen LogP contribution in [0.5, 0.6) is 6.01 Å². The second kappa shape index (κ2) is 4.80. The monoisotopic (exact) mass is 231 g/mol. The molecule has 0 saturated heterocycles. The third-order valence-electron chi connectivity index (χ3n) is 2.40. The molecule has 2 aromatic rings. The molecule has 1 aromatic carbocycles. The third-order valence-corrected chi connectivity index (χ3v) is 2.40. The fourth-order valence-corrected chi connectivity index (χ4v) is 1.44. The van der Waals surface area contributed by atoms with Crippen LogP contribution in [0, 0.1) is 0 Å². The minimum atomic E-state index is -0.762. The van der Waals surface area contributed by atoms with Crippen molar-refractivity contribution >= 4 is 5.69 Å². The van der Waals surface area contributed by atoms with Crippen molar-refractivity contribution in [1.82, 2.24) is 9.97 Å². The standard InChI is InChI=1S/C12H13N3O2/c1-17-12-14-6-9(7-15-12)11(16)8-2-4-10(13)5-3-8/h2-7,11,16H,13H2,1H3. The van der Waals surface area contributed by atoms with Crippen LogP contribution in [0.15, 0.2) is 36.7 Å². The van der Waals surface area contributed by atoms with Gasteiger partial charge in [0.1, 0.15) is 6.10 Å². The Labute approximate surface area is 98.9 Å². The number of ether oxygens (including phenoxy) is 1. The van der Waals surface area contributed by atoms with Crippen molar-refractivity contribution in [3.63, 3.8) is 0 Å². The van der Waals surface area contributed by atoms with Crippen molar-refractivity contribution in [2.24, 2.45) is 0 Å². The fourth-order valence-electron chi connectivity index (χ4n) is 1.44. The van der Waals surface area contributed by atoms with Crippen molar-refractivity contribution < 1.29 is 9.84 Å². The molecule has 1 unspecified atom stereocenters. The molecule has 1 aromatic heterocycles. The number of nitrogens with two attached hydrogens (primary N) is 1. The van der Waals surface area contributed by atoms with E-state index in [1.165, 1.54) is 19.5 Å². The molecule has 1 atom stereocenters. The Hall–Kier alpha value is -2.14. The number of hydrogen-bond acceptors (Lipinski definition) is 5. The number of benzene rings is 1. The summed E-state index contributed by atoms with van der Waals surface area (Å²) in [4.78, 5) is 7.89. The van der Waals surface area contributed by atoms with E-state index in [0.29, 0.717) is 11.3 Å². The molecule has 88 valence electrons. The van der Waals surface area contributed by atoms with Gasteiger partial charge in [-0.15, -0.1) is 0 Å². The highest BCUT2D eigenvalue weighted by Crippen LogP contribution is 2.21. The van der Waals surface area contributed by atoms with Crippen LogP contribution in [-0.4, -0.2) is 22.2 Å². The predicted molar refractivity (Wildman–Crippen MR) is 63.5 cm³/mol. The Balaban J connectivity index is 2.23. The number of methoxy groups -OCH3 is 1. The summed E-state index contributed by atoms with van der Waals surface area (Å²) >= 11 is 0. The van der Waals surface area contributed by atoms with Crippen LogP contribution in [0.1, 0.15) is 17.2 Å². The molecule has 0 saturated carbocycles. The maximum absolute atomic E-state index is 10.1. The molecule has 0 aliphatic carbocycles. The van der Waals surface area contributed by atoms with Crippen molar-refractivity contribution in [2.45, 2.75) is 6.10 Å². The van der Waals surface area contributed by atoms with Crippen LogP contribution in [0.2, 0.25) is 0 Å². The molecule has 0 fully saturated rings. The van der Waals surface area contributed by atoms with Crippen LogP contribution in [0.3, 0.4) is 0 Å². The lowest BCUT2D eigenvalue weighted by atomic mass is 10.0. The van der Waals surface area contributed by atoms with E-state index in [4.69, 9.17) is 10.5 Å². The van der Waals surface area contributed by atoms with E-state index < -0.39 is 6.10 Å². The summed E-state index contributed by atoms with van der Waals surface area (Å²) in [5.74, 6) is 0. The van der Waals surface area contributed by atoms with E-state index in [9.17, 15) is 5.11 Å². The second-order valence-electron chi connectivity index (χ2n) is 3.57. The molecule has 0 spiro atoms. The number of rotatable bonds is 3. The number of nitrogen functional groups attached to an aromatic ring is 1. The van der Waals surface area contributed by atoms with Gasteiger partial charge in [-0.1, -0.05) is 12.1 Å². The van der Waals surface area contributed by atoms with Crippen LogP contribution in [0.25, 0.3) is 0 Å². The van der Waals surface area contributed by atoms with E-state index in [-0.39, 0.29) is 6.01 Å². The maximum Gasteiger partial charge on any atom is 0.316 e. The van der Waals surface area contributed by atoms with Gasteiger partial charge in [-0.25, -0.2) is 9.97 Å². The zero-order valence-electron chi connectivity index (χ0n) is 9.37. The number of anilines is 1. The van der Waals surface area contributed by atoms with Gasteiger partial charge in [0, 0.05) is 23.6 Å². The predicted octanol–water partition coefficient (Wildman–Crippen LogP) is 1.15. The van der Waals surface area contributed by atoms with Crippen LogP contribution in [0.4, 0.5) is 5.69 Å². The number of nitrogens with zero attached hydrogens (tertiary/aromatic N) is 2. The van der Waals surface area contributed by atoms with Crippen LogP contribution >= 0.6 is 0 Å². The van der Waals surface area contributed by atoms with Gasteiger partial charge >= 0.3 is 6.01 Å². The van der Waals surface area contributed by atoms with Crippen LogP contribution in [-0.2, 0) is 0 Å². The molecule has 5 nitrogen and oxygen atoms in total. The number of aromatic nitrogens is 2. The number of aliphatic hydroxyl groups is 1. The summed E-state index contributed by atoms with van der Waals surface area (Å²) < 4.78 is 4.85. The average molecular weight is 231 g/mol. The van der Waals surface area contributed by atoms with E-state index in [2.05, 4.69) is 9.97 Å². The lowest BCUT2D eigenvalue weighted by Crippen LogP contribution is -2.02. The van der Waals surface area contributed by atoms with Gasteiger partial charge in [-0.05, 0) is 17.7 Å². The maximum atomic E-state index is 10.1. The van der Waals surface area contributed by atoms with Crippen molar-refractivity contribution in [3.8, 4) is 6.01 Å². The zero-order chi connectivity index (χ0) is 12.3. The van der Waals surface area contributed by atoms with Gasteiger partial charge in [0.25, 0.3) is 0 Å². The summed E-state index contributed by atoms with van der Waals surface area (Å²) in [7, 11) is 1.49. The summed E-state index contributed by atoms with van der Waals surface area (Å²) in [5, 5.41) is 10.1. The minimum absolute atomic E-state index is 0.276. The van der Waals surface area contributed by atoms with Gasteiger partial charge in [-0.3, -0.25) is 0 Å². The second-order valence-corrected chi connectivity index (χ2v) is 3.57. The van der Waals surface area contributed by atoms with Gasteiger partial charge < -0.3 is 15.6 Å². The Morgan fingerprint density at radius 2 is 1.71 bits per heavy atom. The molecule has 0 aliphatic rings. The number of aliphatic hydroxyl groups excluding tert-OH is 1. The Morgan fingerprint density at radius 1 is 1.12 bits per heavy atom. The smallest absolute Gasteiger partial charge is 0.316 e. The number of hydrogen-bond donors (Lipinski definition) is 2. The van der Waals surface area contributed by atoms with Gasteiger partial charge in [-0.2, -0.15) is 0 Å². The first kappa shape index (κ1) is 11.3. The van der Waals surface area contributed by atoms with Gasteiger partial charge in [0.2, 0.25) is 0 Å². The highest BCUT2D eigenvalue weighted by atomic mass is 16.5. The Morgan fingerprint density at radius 3 is 2.24 bits per heavy atom. The summed E-state index contributed by atoms with van der Waals surface area (Å²) in [6, 6.07) is 7.29. The molecule has 0 amide bonds. The van der Waals surface area contributed by atoms with E-state index >= 15 is 0 Å². The summed E-state index contributed by atoms with van der Waals surface area (Å²) in [5.41, 5.74) is 7.59. The SMILES string of the molecule is COc1ncc(C(O)c2ccc(N)cc2)cn1. The molecule has 0 radical (unpaired) electrons. The first-order valence-electron chi connectivity index (χ1n) is 5.10. The lowest BCUT2D eigenvalue weighted by Gasteiger charge is -2.10. The molecule has 1 heterocycles. The van der Waals surface area contributed by atoms with Crippen molar-refractivity contribution in [1.29, 1.82) is 0 Å². The molecule has 3 N–H and O–H groups in total. The summed E-state index contributed by atoms with van der Waals surface area (Å²) in [6.07, 6.45) is 2.31. The largest absolute Gasteiger partial charge is 0.467 e. The summed E-state index contributed by atoms with van der Waals surface area (Å²) in [6.45, 7) is 0. The van der Waals surface area contributed by atoms with Gasteiger partial charge in [0.15, 0.2) is 0 Å². The minimum Gasteiger partial charge on any atom is -0.467 e. The normalized spacial score (nSPS) is 12.1. The fraction of sp³-hybridized carbons (Fsp3) is 0.167.